The molecule has 5 rings (SSSR count). The predicted octanol–water partition coefficient (Wildman–Crippen LogP) is 5.90. The zero-order chi connectivity index (χ0) is 18.9. The lowest BCUT2D eigenvalue weighted by molar-refractivity contribution is 0.0419. The Balaban J connectivity index is 1.86. The fraction of sp³-hybridized carbons (Fsp3) is 0.385. The number of benzene rings is 2. The molecule has 1 aliphatic carbocycles. The van der Waals surface area contributed by atoms with Crippen LogP contribution in [-0.4, -0.2) is 11.9 Å². The average Bonchev–Trinajstić information content (AvgIpc) is 3.34. The van der Waals surface area contributed by atoms with Gasteiger partial charge in [-0.2, -0.15) is 0 Å². The zero-order valence-corrected chi connectivity index (χ0v) is 16.5. The summed E-state index contributed by atoms with van der Waals surface area (Å²) in [6.07, 6.45) is 8.82. The molecule has 1 fully saturated rings. The summed E-state index contributed by atoms with van der Waals surface area (Å²) < 4.78 is 0. The number of hydrogen-bond acceptors (Lipinski definition) is 1. The van der Waals surface area contributed by atoms with Crippen molar-refractivity contribution >= 4 is 0 Å². The van der Waals surface area contributed by atoms with E-state index in [1.807, 2.05) is 0 Å². The maximum atomic E-state index is 4.14. The van der Waals surface area contributed by atoms with Crippen LogP contribution in [0.3, 0.4) is 0 Å². The van der Waals surface area contributed by atoms with Gasteiger partial charge in [0.2, 0.25) is 0 Å². The van der Waals surface area contributed by atoms with E-state index in [1.54, 1.807) is 5.56 Å². The SMILES string of the molecule is C=CC[C@@]12C[C@@H]1C[C@@]1(CC=C)c3ccccc3[C@@](C)(c3ccccc32)N1C. The molecule has 2 bridgehead atoms. The molecule has 0 amide bonds. The first-order valence-corrected chi connectivity index (χ1v) is 10.2. The van der Waals surface area contributed by atoms with Gasteiger partial charge in [-0.05, 0) is 67.8 Å². The molecular formula is C26H29N. The predicted molar refractivity (Wildman–Crippen MR) is 113 cm³/mol. The summed E-state index contributed by atoms with van der Waals surface area (Å²) in [5.41, 5.74) is 6.20. The number of allylic oxidation sites excluding steroid dienone is 1. The summed E-state index contributed by atoms with van der Waals surface area (Å²) >= 11 is 0. The van der Waals surface area contributed by atoms with Gasteiger partial charge in [-0.1, -0.05) is 60.7 Å². The van der Waals surface area contributed by atoms with E-state index in [1.165, 1.54) is 29.5 Å². The van der Waals surface area contributed by atoms with Crippen LogP contribution in [0.1, 0.15) is 54.9 Å². The molecule has 2 aromatic rings. The Morgan fingerprint density at radius 1 is 0.889 bits per heavy atom. The maximum absolute atomic E-state index is 4.14. The molecule has 3 aliphatic rings. The molecule has 4 atom stereocenters. The average molecular weight is 356 g/mol. The zero-order valence-electron chi connectivity index (χ0n) is 16.5. The van der Waals surface area contributed by atoms with Crippen molar-refractivity contribution in [1.29, 1.82) is 0 Å². The highest BCUT2D eigenvalue weighted by atomic mass is 15.3. The Labute approximate surface area is 163 Å². The Hall–Kier alpha value is -2.12. The minimum Gasteiger partial charge on any atom is -0.283 e. The first-order chi connectivity index (χ1) is 13.0. The summed E-state index contributed by atoms with van der Waals surface area (Å²) in [5, 5.41) is 0. The van der Waals surface area contributed by atoms with Crippen molar-refractivity contribution in [1.82, 2.24) is 4.90 Å². The Bertz CT molecular complexity index is 943. The van der Waals surface area contributed by atoms with Crippen LogP contribution in [0, 0.1) is 5.92 Å². The van der Waals surface area contributed by atoms with Crippen LogP contribution in [0.15, 0.2) is 73.8 Å². The summed E-state index contributed by atoms with van der Waals surface area (Å²) in [6.45, 7) is 10.7. The van der Waals surface area contributed by atoms with E-state index in [0.29, 0.717) is 5.92 Å². The number of rotatable bonds is 4. The summed E-state index contributed by atoms with van der Waals surface area (Å²) in [7, 11) is 2.34. The van der Waals surface area contributed by atoms with Gasteiger partial charge >= 0.3 is 0 Å². The molecule has 27 heavy (non-hydrogen) atoms. The molecule has 2 aliphatic heterocycles. The lowest BCUT2D eigenvalue weighted by Crippen LogP contribution is -2.50. The third-order valence-corrected chi connectivity index (χ3v) is 8.06. The smallest absolute Gasteiger partial charge is 0.0697 e. The van der Waals surface area contributed by atoms with Crippen LogP contribution in [0.2, 0.25) is 0 Å². The summed E-state index contributed by atoms with van der Waals surface area (Å²) in [6, 6.07) is 18.3. The van der Waals surface area contributed by atoms with Crippen LogP contribution in [0.5, 0.6) is 0 Å². The van der Waals surface area contributed by atoms with Gasteiger partial charge in [0, 0.05) is 5.41 Å². The van der Waals surface area contributed by atoms with Gasteiger partial charge in [-0.15, -0.1) is 13.2 Å². The number of fused-ring (bicyclic) bond motifs is 9. The molecule has 0 unspecified atom stereocenters. The van der Waals surface area contributed by atoms with Crippen LogP contribution >= 0.6 is 0 Å². The van der Waals surface area contributed by atoms with Gasteiger partial charge in [0.15, 0.2) is 0 Å². The molecule has 0 aromatic heterocycles. The molecule has 0 saturated heterocycles. The third-order valence-electron chi connectivity index (χ3n) is 8.06. The van der Waals surface area contributed by atoms with Crippen molar-refractivity contribution in [2.45, 2.75) is 49.1 Å². The first-order valence-electron chi connectivity index (χ1n) is 10.2. The Morgan fingerprint density at radius 2 is 1.44 bits per heavy atom. The summed E-state index contributed by atoms with van der Waals surface area (Å²) in [4.78, 5) is 2.67. The van der Waals surface area contributed by atoms with E-state index in [4.69, 9.17) is 0 Å². The molecule has 1 heteroatoms. The largest absolute Gasteiger partial charge is 0.283 e. The number of nitrogens with zero attached hydrogens (tertiary/aromatic N) is 1. The van der Waals surface area contributed by atoms with Gasteiger partial charge in [-0.3, -0.25) is 4.90 Å². The van der Waals surface area contributed by atoms with Gasteiger partial charge in [0.1, 0.15) is 0 Å². The van der Waals surface area contributed by atoms with E-state index >= 15 is 0 Å². The second kappa shape index (κ2) is 5.45. The second-order valence-corrected chi connectivity index (χ2v) is 9.00. The van der Waals surface area contributed by atoms with Crippen molar-refractivity contribution in [2.24, 2.45) is 5.92 Å². The third kappa shape index (κ3) is 1.88. The van der Waals surface area contributed by atoms with Crippen molar-refractivity contribution in [2.75, 3.05) is 7.05 Å². The fourth-order valence-electron chi connectivity index (χ4n) is 6.59. The van der Waals surface area contributed by atoms with Gasteiger partial charge in [0.05, 0.1) is 11.1 Å². The van der Waals surface area contributed by atoms with E-state index < -0.39 is 0 Å². The first kappa shape index (κ1) is 17.0. The normalized spacial score (nSPS) is 36.0. The van der Waals surface area contributed by atoms with Crippen molar-refractivity contribution < 1.29 is 0 Å². The topological polar surface area (TPSA) is 3.24 Å². The van der Waals surface area contributed by atoms with Crippen LogP contribution in [0.25, 0.3) is 0 Å². The van der Waals surface area contributed by atoms with E-state index in [0.717, 1.165) is 12.8 Å². The Morgan fingerprint density at radius 3 is 2.07 bits per heavy atom. The highest BCUT2D eigenvalue weighted by Gasteiger charge is 2.65. The molecular weight excluding hydrogens is 326 g/mol. The lowest BCUT2D eigenvalue weighted by Gasteiger charge is -2.47. The van der Waals surface area contributed by atoms with E-state index in [2.05, 4.69) is 92.7 Å². The Kier molecular flexibility index (Phi) is 3.44. The quantitative estimate of drug-likeness (QED) is 0.617. The van der Waals surface area contributed by atoms with Crippen LogP contribution < -0.4 is 0 Å². The minimum atomic E-state index is -0.113. The van der Waals surface area contributed by atoms with Crippen molar-refractivity contribution in [3.8, 4) is 0 Å². The van der Waals surface area contributed by atoms with Crippen molar-refractivity contribution in [3.63, 3.8) is 0 Å². The van der Waals surface area contributed by atoms with Crippen molar-refractivity contribution in [3.05, 3.63) is 96.1 Å². The molecule has 2 aromatic carbocycles. The molecule has 1 saturated carbocycles. The monoisotopic (exact) mass is 355 g/mol. The van der Waals surface area contributed by atoms with Gasteiger partial charge in [-0.25, -0.2) is 0 Å². The van der Waals surface area contributed by atoms with Gasteiger partial charge < -0.3 is 0 Å². The van der Waals surface area contributed by atoms with E-state index in [9.17, 15) is 0 Å². The highest BCUT2D eigenvalue weighted by molar-refractivity contribution is 5.57. The second-order valence-electron chi connectivity index (χ2n) is 9.00. The summed E-state index contributed by atoms with van der Waals surface area (Å²) in [5.74, 6) is 0.703. The maximum Gasteiger partial charge on any atom is 0.0697 e. The highest BCUT2D eigenvalue weighted by Crippen LogP contribution is 2.68. The minimum absolute atomic E-state index is 0.0359. The molecule has 0 radical (unpaired) electrons. The van der Waals surface area contributed by atoms with Crippen LogP contribution in [-0.2, 0) is 16.5 Å². The number of hydrogen-bond donors (Lipinski definition) is 0. The molecule has 0 spiro atoms. The molecule has 2 heterocycles. The lowest BCUT2D eigenvalue weighted by atomic mass is 9.74. The fourth-order valence-corrected chi connectivity index (χ4v) is 6.59. The van der Waals surface area contributed by atoms with E-state index in [-0.39, 0.29) is 16.5 Å². The molecule has 1 nitrogen and oxygen atoms in total. The van der Waals surface area contributed by atoms with Crippen LogP contribution in [0.4, 0.5) is 0 Å². The standard InChI is InChI=1S/C26H29N/c1-5-15-25-17-19(25)18-26(16-6-2)23-14-10-8-12-21(23)24(3,27(26)4)20-11-7-9-13-22(20)25/h5-14,19H,1-2,15-18H2,3-4H3/t19-,24-,25-,26+/m1/s1. The molecule has 138 valence electrons. The molecule has 0 N–H and O–H groups in total. The van der Waals surface area contributed by atoms with Gasteiger partial charge in [0.25, 0.3) is 0 Å².